The number of rotatable bonds is 1. The van der Waals surface area contributed by atoms with Crippen molar-refractivity contribution in [1.82, 2.24) is 4.90 Å². The highest BCUT2D eigenvalue weighted by atomic mass is 16.6. The van der Waals surface area contributed by atoms with E-state index in [4.69, 9.17) is 9.47 Å². The normalized spacial score (nSPS) is 29.6. The third-order valence-electron chi connectivity index (χ3n) is 3.50. The number of piperidine rings is 1. The maximum Gasteiger partial charge on any atom is 0.410 e. The Morgan fingerprint density at radius 1 is 1.28 bits per heavy atom. The summed E-state index contributed by atoms with van der Waals surface area (Å²) in [6.07, 6.45) is 5.66. The van der Waals surface area contributed by atoms with E-state index in [-0.39, 0.29) is 6.09 Å². The second kappa shape index (κ2) is 4.82. The van der Waals surface area contributed by atoms with Gasteiger partial charge in [-0.1, -0.05) is 0 Å². The van der Waals surface area contributed by atoms with Gasteiger partial charge in [0, 0.05) is 12.1 Å². The lowest BCUT2D eigenvalue weighted by molar-refractivity contribution is 0.0113. The number of methoxy groups -OCH3 is 1. The third-order valence-corrected chi connectivity index (χ3v) is 3.50. The number of ether oxygens (including phenoxy) is 2. The molecule has 2 bridgehead atoms. The van der Waals surface area contributed by atoms with E-state index in [0.29, 0.717) is 12.1 Å². The molecule has 0 aromatic rings. The van der Waals surface area contributed by atoms with Crippen LogP contribution in [-0.2, 0) is 9.47 Å². The molecule has 0 aliphatic carbocycles. The van der Waals surface area contributed by atoms with Gasteiger partial charge in [-0.25, -0.2) is 4.79 Å². The van der Waals surface area contributed by atoms with Crippen molar-refractivity contribution in [3.63, 3.8) is 0 Å². The zero-order chi connectivity index (χ0) is 13.3. The van der Waals surface area contributed by atoms with Crippen molar-refractivity contribution >= 4 is 6.09 Å². The number of carbonyl (C=O) groups is 1. The average molecular weight is 253 g/mol. The molecule has 18 heavy (non-hydrogen) atoms. The monoisotopic (exact) mass is 253 g/mol. The smallest absolute Gasteiger partial charge is 0.410 e. The van der Waals surface area contributed by atoms with E-state index in [1.807, 2.05) is 31.9 Å². The van der Waals surface area contributed by atoms with Gasteiger partial charge in [0.2, 0.25) is 0 Å². The summed E-state index contributed by atoms with van der Waals surface area (Å²) in [5, 5.41) is 0. The van der Waals surface area contributed by atoms with Gasteiger partial charge in [0.25, 0.3) is 0 Å². The second-order valence-corrected chi connectivity index (χ2v) is 6.19. The summed E-state index contributed by atoms with van der Waals surface area (Å²) in [4.78, 5) is 14.1. The molecule has 2 rings (SSSR count). The fraction of sp³-hybridized carbons (Fsp3) is 0.786. The van der Waals surface area contributed by atoms with Gasteiger partial charge >= 0.3 is 6.09 Å². The molecule has 0 aromatic heterocycles. The first-order valence-corrected chi connectivity index (χ1v) is 6.63. The molecule has 4 nitrogen and oxygen atoms in total. The minimum absolute atomic E-state index is 0.161. The van der Waals surface area contributed by atoms with Crippen molar-refractivity contribution in [2.24, 2.45) is 0 Å². The number of fused-ring (bicyclic) bond motifs is 2. The van der Waals surface area contributed by atoms with Crippen molar-refractivity contribution in [3.05, 3.63) is 11.8 Å². The van der Waals surface area contributed by atoms with Crippen LogP contribution in [-0.4, -0.2) is 35.8 Å². The van der Waals surface area contributed by atoms with E-state index in [2.05, 4.69) is 0 Å². The van der Waals surface area contributed by atoms with Gasteiger partial charge in [0.1, 0.15) is 5.60 Å². The Hall–Kier alpha value is -1.19. The summed E-state index contributed by atoms with van der Waals surface area (Å²) in [6, 6.07) is 0.583. The Morgan fingerprint density at radius 2 is 1.83 bits per heavy atom. The molecule has 4 heteroatoms. The van der Waals surface area contributed by atoms with Crippen LogP contribution in [0.1, 0.15) is 46.5 Å². The Morgan fingerprint density at radius 3 is 2.28 bits per heavy atom. The first-order valence-electron chi connectivity index (χ1n) is 6.63. The molecule has 2 heterocycles. The van der Waals surface area contributed by atoms with E-state index in [1.54, 1.807) is 7.11 Å². The van der Waals surface area contributed by atoms with Gasteiger partial charge < -0.3 is 14.4 Å². The van der Waals surface area contributed by atoms with Crippen LogP contribution in [0, 0.1) is 0 Å². The molecule has 2 atom stereocenters. The highest BCUT2D eigenvalue weighted by molar-refractivity contribution is 5.70. The van der Waals surface area contributed by atoms with Gasteiger partial charge in [0.15, 0.2) is 0 Å². The number of amides is 1. The summed E-state index contributed by atoms with van der Waals surface area (Å²) >= 11 is 0. The zero-order valence-corrected chi connectivity index (χ0v) is 11.7. The summed E-state index contributed by atoms with van der Waals surface area (Å²) in [5.74, 6) is 0. The molecule has 2 aliphatic rings. The van der Waals surface area contributed by atoms with Crippen LogP contribution in [0.25, 0.3) is 0 Å². The topological polar surface area (TPSA) is 38.8 Å². The highest BCUT2D eigenvalue weighted by Gasteiger charge is 2.43. The molecule has 2 saturated heterocycles. The fourth-order valence-corrected chi connectivity index (χ4v) is 2.93. The number of hydrogen-bond donors (Lipinski definition) is 0. The predicted molar refractivity (Wildman–Crippen MR) is 69.2 cm³/mol. The number of hydrogen-bond acceptors (Lipinski definition) is 3. The molecule has 0 saturated carbocycles. The SMILES string of the molecule is COC=C1C[C@H]2CC[C@@H](C1)N2C(=O)OC(C)(C)C. The van der Waals surface area contributed by atoms with Crippen molar-refractivity contribution in [3.8, 4) is 0 Å². The molecule has 1 amide bonds. The third kappa shape index (κ3) is 2.79. The number of carbonyl (C=O) groups excluding carboxylic acids is 1. The lowest BCUT2D eigenvalue weighted by Gasteiger charge is -2.36. The molecule has 0 aromatic carbocycles. The van der Waals surface area contributed by atoms with Crippen LogP contribution in [0.4, 0.5) is 4.79 Å². The Kier molecular flexibility index (Phi) is 3.55. The second-order valence-electron chi connectivity index (χ2n) is 6.19. The molecule has 0 N–H and O–H groups in total. The lowest BCUT2D eigenvalue weighted by atomic mass is 9.98. The minimum atomic E-state index is -0.417. The van der Waals surface area contributed by atoms with Crippen LogP contribution in [0.2, 0.25) is 0 Å². The Labute approximate surface area is 109 Å². The first-order chi connectivity index (χ1) is 8.40. The molecule has 0 spiro atoms. The molecule has 0 radical (unpaired) electrons. The van der Waals surface area contributed by atoms with E-state index in [9.17, 15) is 4.79 Å². The van der Waals surface area contributed by atoms with Crippen molar-refractivity contribution < 1.29 is 14.3 Å². The van der Waals surface area contributed by atoms with E-state index >= 15 is 0 Å². The fourth-order valence-electron chi connectivity index (χ4n) is 2.93. The van der Waals surface area contributed by atoms with Crippen molar-refractivity contribution in [2.75, 3.05) is 7.11 Å². The quantitative estimate of drug-likeness (QED) is 0.674. The summed E-state index contributed by atoms with van der Waals surface area (Å²) in [7, 11) is 1.68. The molecule has 2 fully saturated rings. The molecular formula is C14H23NO3. The largest absolute Gasteiger partial charge is 0.504 e. The Bertz CT molecular complexity index is 341. The lowest BCUT2D eigenvalue weighted by Crippen LogP contribution is -2.47. The van der Waals surface area contributed by atoms with Gasteiger partial charge in [-0.3, -0.25) is 0 Å². The van der Waals surface area contributed by atoms with Crippen LogP contribution in [0.3, 0.4) is 0 Å². The zero-order valence-electron chi connectivity index (χ0n) is 11.7. The van der Waals surface area contributed by atoms with Gasteiger partial charge in [-0.05, 0) is 52.0 Å². The standard InChI is InChI=1S/C14H23NO3/c1-14(2,3)18-13(16)15-11-5-6-12(15)8-10(7-11)9-17-4/h9,11-12H,5-8H2,1-4H3/t11-,12+. The summed E-state index contributed by atoms with van der Waals surface area (Å²) in [5.41, 5.74) is 0.893. The van der Waals surface area contributed by atoms with Gasteiger partial charge in [-0.15, -0.1) is 0 Å². The van der Waals surface area contributed by atoms with Crippen LogP contribution in [0.5, 0.6) is 0 Å². The molecular weight excluding hydrogens is 230 g/mol. The first kappa shape index (κ1) is 13.2. The van der Waals surface area contributed by atoms with Crippen LogP contribution < -0.4 is 0 Å². The van der Waals surface area contributed by atoms with E-state index in [0.717, 1.165) is 25.7 Å². The van der Waals surface area contributed by atoms with Crippen LogP contribution in [0.15, 0.2) is 11.8 Å². The maximum atomic E-state index is 12.2. The summed E-state index contributed by atoms with van der Waals surface area (Å²) < 4.78 is 10.6. The molecule has 0 unspecified atom stereocenters. The average Bonchev–Trinajstić information content (AvgIpc) is 2.49. The Balaban J connectivity index is 2.05. The van der Waals surface area contributed by atoms with Crippen molar-refractivity contribution in [1.29, 1.82) is 0 Å². The predicted octanol–water partition coefficient (Wildman–Crippen LogP) is 3.08. The van der Waals surface area contributed by atoms with Crippen LogP contribution >= 0.6 is 0 Å². The molecule has 102 valence electrons. The maximum absolute atomic E-state index is 12.2. The van der Waals surface area contributed by atoms with Crippen molar-refractivity contribution in [2.45, 2.75) is 64.1 Å². The van der Waals surface area contributed by atoms with Gasteiger partial charge in [-0.2, -0.15) is 0 Å². The van der Waals surface area contributed by atoms with E-state index < -0.39 is 5.60 Å². The summed E-state index contributed by atoms with van der Waals surface area (Å²) in [6.45, 7) is 5.73. The molecule has 2 aliphatic heterocycles. The minimum Gasteiger partial charge on any atom is -0.504 e. The highest BCUT2D eigenvalue weighted by Crippen LogP contribution is 2.39. The van der Waals surface area contributed by atoms with Gasteiger partial charge in [0.05, 0.1) is 13.4 Å². The number of nitrogens with zero attached hydrogens (tertiary/aromatic N) is 1. The van der Waals surface area contributed by atoms with E-state index in [1.165, 1.54) is 5.57 Å².